The van der Waals surface area contributed by atoms with Gasteiger partial charge in [0.1, 0.15) is 0 Å². The highest BCUT2D eigenvalue weighted by Crippen LogP contribution is 2.47. The molecule has 0 spiro atoms. The second-order valence-electron chi connectivity index (χ2n) is 7.70. The Hall–Kier alpha value is 0. The fourth-order valence-corrected chi connectivity index (χ4v) is 3.78. The number of hydrogen-bond acceptors (Lipinski definition) is 0. The van der Waals surface area contributed by atoms with Crippen molar-refractivity contribution in [3.05, 3.63) is 0 Å². The van der Waals surface area contributed by atoms with Crippen molar-refractivity contribution in [1.82, 2.24) is 0 Å². The van der Waals surface area contributed by atoms with Crippen LogP contribution in [0.2, 0.25) is 0 Å². The molecular formula is C19H40. The van der Waals surface area contributed by atoms with E-state index in [0.717, 1.165) is 23.7 Å². The van der Waals surface area contributed by atoms with Crippen molar-refractivity contribution in [2.24, 2.45) is 29.1 Å². The normalized spacial score (nSPS) is 20.1. The van der Waals surface area contributed by atoms with Crippen molar-refractivity contribution in [2.75, 3.05) is 0 Å². The molecule has 0 aromatic rings. The molecule has 0 radical (unpaired) electrons. The largest absolute Gasteiger partial charge is 0.0651 e. The van der Waals surface area contributed by atoms with Crippen LogP contribution >= 0.6 is 0 Å². The van der Waals surface area contributed by atoms with Gasteiger partial charge in [-0.3, -0.25) is 0 Å². The summed E-state index contributed by atoms with van der Waals surface area (Å²) in [5.41, 5.74) is 0.577. The van der Waals surface area contributed by atoms with Crippen LogP contribution in [0, 0.1) is 29.1 Å². The Morgan fingerprint density at radius 2 is 1.05 bits per heavy atom. The molecule has 3 atom stereocenters. The van der Waals surface area contributed by atoms with Crippen LogP contribution < -0.4 is 0 Å². The standard InChI is InChI=1S/C19H40/c1-9-16(6)13-19(12-15(4)5,18(8)11-3)14-17(7)10-2/h15-18H,9-14H2,1-8H3. The molecule has 0 heteroatoms. The second-order valence-corrected chi connectivity index (χ2v) is 7.70. The summed E-state index contributed by atoms with van der Waals surface area (Å²) >= 11 is 0. The van der Waals surface area contributed by atoms with Crippen molar-refractivity contribution in [2.45, 2.75) is 93.9 Å². The summed E-state index contributed by atoms with van der Waals surface area (Å²) < 4.78 is 0. The van der Waals surface area contributed by atoms with Crippen molar-refractivity contribution in [1.29, 1.82) is 0 Å². The molecule has 0 aliphatic rings. The molecule has 0 aromatic heterocycles. The maximum atomic E-state index is 2.51. The summed E-state index contributed by atoms with van der Waals surface area (Å²) in [7, 11) is 0. The monoisotopic (exact) mass is 268 g/mol. The van der Waals surface area contributed by atoms with Crippen LogP contribution in [-0.4, -0.2) is 0 Å². The van der Waals surface area contributed by atoms with Crippen molar-refractivity contribution in [3.8, 4) is 0 Å². The minimum absolute atomic E-state index is 0.577. The average Bonchev–Trinajstić information content (AvgIpc) is 2.36. The number of rotatable bonds is 10. The van der Waals surface area contributed by atoms with Gasteiger partial charge in [-0.05, 0) is 48.3 Å². The first-order valence-corrected chi connectivity index (χ1v) is 8.81. The van der Waals surface area contributed by atoms with Crippen LogP contribution in [0.15, 0.2) is 0 Å². The van der Waals surface area contributed by atoms with Gasteiger partial charge in [-0.25, -0.2) is 0 Å². The van der Waals surface area contributed by atoms with Gasteiger partial charge in [0.15, 0.2) is 0 Å². The van der Waals surface area contributed by atoms with Crippen LogP contribution in [0.5, 0.6) is 0 Å². The molecule has 0 amide bonds. The molecule has 0 saturated carbocycles. The summed E-state index contributed by atoms with van der Waals surface area (Å²) in [6, 6.07) is 0. The average molecular weight is 269 g/mol. The van der Waals surface area contributed by atoms with Crippen molar-refractivity contribution < 1.29 is 0 Å². The van der Waals surface area contributed by atoms with E-state index in [2.05, 4.69) is 55.4 Å². The molecule has 0 nitrogen and oxygen atoms in total. The highest BCUT2D eigenvalue weighted by Gasteiger charge is 2.37. The molecule has 19 heavy (non-hydrogen) atoms. The molecule has 0 fully saturated rings. The zero-order chi connectivity index (χ0) is 15.1. The van der Waals surface area contributed by atoms with Gasteiger partial charge in [-0.15, -0.1) is 0 Å². The highest BCUT2D eigenvalue weighted by atomic mass is 14.4. The van der Waals surface area contributed by atoms with Gasteiger partial charge in [-0.1, -0.05) is 74.7 Å². The van der Waals surface area contributed by atoms with E-state index >= 15 is 0 Å². The Balaban J connectivity index is 5.17. The van der Waals surface area contributed by atoms with Crippen LogP contribution in [0.25, 0.3) is 0 Å². The van der Waals surface area contributed by atoms with Gasteiger partial charge in [0, 0.05) is 0 Å². The predicted octanol–water partition coefficient (Wildman–Crippen LogP) is 6.94. The molecule has 0 N–H and O–H groups in total. The van der Waals surface area contributed by atoms with E-state index < -0.39 is 0 Å². The lowest BCUT2D eigenvalue weighted by Crippen LogP contribution is -2.34. The van der Waals surface area contributed by atoms with Gasteiger partial charge in [0.2, 0.25) is 0 Å². The topological polar surface area (TPSA) is 0 Å². The van der Waals surface area contributed by atoms with Crippen LogP contribution in [0.4, 0.5) is 0 Å². The lowest BCUT2D eigenvalue weighted by molar-refractivity contribution is 0.0627. The highest BCUT2D eigenvalue weighted by molar-refractivity contribution is 4.87. The molecule has 0 rings (SSSR count). The molecule has 0 aliphatic carbocycles. The van der Waals surface area contributed by atoms with E-state index in [0.29, 0.717) is 5.41 Å². The Morgan fingerprint density at radius 3 is 1.32 bits per heavy atom. The Labute approximate surface area is 123 Å². The van der Waals surface area contributed by atoms with E-state index in [1.807, 2.05) is 0 Å². The zero-order valence-corrected chi connectivity index (χ0v) is 15.1. The first-order valence-electron chi connectivity index (χ1n) is 8.81. The summed E-state index contributed by atoms with van der Waals surface area (Å²) in [5.74, 6) is 3.42. The molecule has 0 aliphatic heterocycles. The summed E-state index contributed by atoms with van der Waals surface area (Å²) in [6.45, 7) is 19.3. The molecule has 0 bridgehead atoms. The smallest absolute Gasteiger partial charge is 0.0264 e. The fraction of sp³-hybridized carbons (Fsp3) is 1.00. The minimum Gasteiger partial charge on any atom is -0.0651 e. The van der Waals surface area contributed by atoms with Gasteiger partial charge in [-0.2, -0.15) is 0 Å². The quantitative estimate of drug-likeness (QED) is 0.402. The number of hydrogen-bond donors (Lipinski definition) is 0. The van der Waals surface area contributed by atoms with E-state index in [-0.39, 0.29) is 0 Å². The lowest BCUT2D eigenvalue weighted by atomic mass is 9.61. The fourth-order valence-electron chi connectivity index (χ4n) is 3.78. The first-order chi connectivity index (χ1) is 8.81. The molecule has 0 heterocycles. The van der Waals surface area contributed by atoms with E-state index in [1.54, 1.807) is 0 Å². The van der Waals surface area contributed by atoms with Crippen LogP contribution in [-0.2, 0) is 0 Å². The Morgan fingerprint density at radius 1 is 0.632 bits per heavy atom. The second kappa shape index (κ2) is 9.03. The summed E-state index contributed by atoms with van der Waals surface area (Å²) in [6.07, 6.45) is 8.27. The van der Waals surface area contributed by atoms with Gasteiger partial charge in [0.25, 0.3) is 0 Å². The van der Waals surface area contributed by atoms with Gasteiger partial charge < -0.3 is 0 Å². The third-order valence-corrected chi connectivity index (χ3v) is 5.38. The Bertz CT molecular complexity index is 204. The van der Waals surface area contributed by atoms with E-state index in [1.165, 1.54) is 38.5 Å². The van der Waals surface area contributed by atoms with E-state index in [4.69, 9.17) is 0 Å². The minimum atomic E-state index is 0.577. The molecule has 3 unspecified atom stereocenters. The summed E-state index contributed by atoms with van der Waals surface area (Å²) in [5, 5.41) is 0. The van der Waals surface area contributed by atoms with Crippen molar-refractivity contribution >= 4 is 0 Å². The predicted molar refractivity (Wildman–Crippen MR) is 89.5 cm³/mol. The van der Waals surface area contributed by atoms with Crippen LogP contribution in [0.1, 0.15) is 93.9 Å². The maximum Gasteiger partial charge on any atom is -0.0264 e. The van der Waals surface area contributed by atoms with Gasteiger partial charge in [0.05, 0.1) is 0 Å². The molecule has 0 aromatic carbocycles. The third-order valence-electron chi connectivity index (χ3n) is 5.38. The molecule has 116 valence electrons. The van der Waals surface area contributed by atoms with Gasteiger partial charge >= 0.3 is 0 Å². The first kappa shape index (κ1) is 19.0. The molecule has 0 saturated heterocycles. The Kier molecular flexibility index (Phi) is 9.03. The SMILES string of the molecule is CCC(C)CC(CC(C)C)(CC(C)CC)C(C)CC. The maximum absolute atomic E-state index is 2.51. The van der Waals surface area contributed by atoms with E-state index in [9.17, 15) is 0 Å². The zero-order valence-electron chi connectivity index (χ0n) is 15.1. The lowest BCUT2D eigenvalue weighted by Gasteiger charge is -2.44. The third kappa shape index (κ3) is 6.32. The molecular weight excluding hydrogens is 228 g/mol. The van der Waals surface area contributed by atoms with Crippen LogP contribution in [0.3, 0.4) is 0 Å². The van der Waals surface area contributed by atoms with Crippen molar-refractivity contribution in [3.63, 3.8) is 0 Å². The summed E-state index contributed by atoms with van der Waals surface area (Å²) in [4.78, 5) is 0.